The highest BCUT2D eigenvalue weighted by Crippen LogP contribution is 2.34. The van der Waals surface area contributed by atoms with Gasteiger partial charge in [-0.3, -0.25) is 9.59 Å². The van der Waals surface area contributed by atoms with Gasteiger partial charge in [-0.05, 0) is 24.6 Å². The number of anilines is 1. The van der Waals surface area contributed by atoms with Gasteiger partial charge in [0.15, 0.2) is 5.75 Å². The lowest BCUT2D eigenvalue weighted by Gasteiger charge is -2.29. The molecule has 0 bridgehead atoms. The minimum Gasteiger partial charge on any atom is -0.481 e. The molecule has 10 heteroatoms. The van der Waals surface area contributed by atoms with E-state index in [4.69, 9.17) is 26.6 Å². The maximum atomic E-state index is 12.1. The molecule has 134 valence electrons. The Kier molecular flexibility index (Phi) is 5.81. The van der Waals surface area contributed by atoms with Crippen LogP contribution in [-0.4, -0.2) is 53.2 Å². The van der Waals surface area contributed by atoms with E-state index in [1.807, 2.05) is 0 Å². The number of hydrogen-bond donors (Lipinski definition) is 3. The highest BCUT2D eigenvalue weighted by atomic mass is 35.5. The number of nitrogens with zero attached hydrogens (tertiary/aromatic N) is 1. The number of amides is 1. The van der Waals surface area contributed by atoms with E-state index in [0.29, 0.717) is 10.7 Å². The standard InChI is InChI=1S/C15H15ClN2O7/c16-8-1-3-11-10(5-8)18(7-14(22)25-11)6-12(19)17-9(15(23)24)2-4-13(20)21/h1,3,5,9H,2,4,6-7H2,(H,17,19)(H,20,21)(H,23,24). The molecular weight excluding hydrogens is 356 g/mol. The molecule has 0 aromatic heterocycles. The summed E-state index contributed by atoms with van der Waals surface area (Å²) < 4.78 is 5.05. The lowest BCUT2D eigenvalue weighted by molar-refractivity contribution is -0.143. The van der Waals surface area contributed by atoms with Crippen LogP contribution in [0.4, 0.5) is 5.69 Å². The van der Waals surface area contributed by atoms with Crippen molar-refractivity contribution in [2.24, 2.45) is 0 Å². The van der Waals surface area contributed by atoms with E-state index in [9.17, 15) is 19.2 Å². The molecule has 1 heterocycles. The predicted molar refractivity (Wildman–Crippen MR) is 85.7 cm³/mol. The molecule has 9 nitrogen and oxygen atoms in total. The minimum atomic E-state index is -1.34. The zero-order valence-corrected chi connectivity index (χ0v) is 13.7. The molecule has 1 atom stereocenters. The zero-order valence-electron chi connectivity index (χ0n) is 12.9. The van der Waals surface area contributed by atoms with Gasteiger partial charge >= 0.3 is 17.9 Å². The number of aliphatic carboxylic acids is 2. The van der Waals surface area contributed by atoms with Crippen LogP contribution in [0.2, 0.25) is 5.02 Å². The normalized spacial score (nSPS) is 14.3. The van der Waals surface area contributed by atoms with Gasteiger partial charge in [0.25, 0.3) is 0 Å². The van der Waals surface area contributed by atoms with Crippen LogP contribution in [0.1, 0.15) is 12.8 Å². The molecule has 0 spiro atoms. The maximum absolute atomic E-state index is 12.1. The Bertz CT molecular complexity index is 722. The van der Waals surface area contributed by atoms with Crippen molar-refractivity contribution < 1.29 is 34.1 Å². The van der Waals surface area contributed by atoms with Crippen LogP contribution < -0.4 is 15.0 Å². The van der Waals surface area contributed by atoms with E-state index < -0.39 is 36.3 Å². The average molecular weight is 371 g/mol. The van der Waals surface area contributed by atoms with Crippen molar-refractivity contribution in [3.63, 3.8) is 0 Å². The molecule has 1 aromatic carbocycles. The highest BCUT2D eigenvalue weighted by molar-refractivity contribution is 6.31. The summed E-state index contributed by atoms with van der Waals surface area (Å²) in [6, 6.07) is 3.21. The van der Waals surface area contributed by atoms with Crippen molar-refractivity contribution in [1.82, 2.24) is 5.32 Å². The number of carbonyl (C=O) groups excluding carboxylic acids is 2. The Balaban J connectivity index is 2.07. The monoisotopic (exact) mass is 370 g/mol. The van der Waals surface area contributed by atoms with Gasteiger partial charge in [-0.1, -0.05) is 11.6 Å². The number of fused-ring (bicyclic) bond motifs is 1. The summed E-state index contributed by atoms with van der Waals surface area (Å²) in [6.45, 7) is -0.507. The molecule has 0 saturated carbocycles. The Labute approximate surface area is 147 Å². The number of carboxylic acid groups (broad SMARTS) is 2. The van der Waals surface area contributed by atoms with E-state index in [-0.39, 0.29) is 25.3 Å². The number of ether oxygens (including phenoxy) is 1. The predicted octanol–water partition coefficient (Wildman–Crippen LogP) is 0.500. The topological polar surface area (TPSA) is 133 Å². The van der Waals surface area contributed by atoms with Crippen molar-refractivity contribution >= 4 is 41.1 Å². The second-order valence-corrected chi connectivity index (χ2v) is 5.77. The lowest BCUT2D eigenvalue weighted by Crippen LogP contribution is -2.48. The molecule has 0 radical (unpaired) electrons. The van der Waals surface area contributed by atoms with Crippen LogP contribution in [0.3, 0.4) is 0 Å². The maximum Gasteiger partial charge on any atom is 0.331 e. The molecule has 0 aliphatic carbocycles. The van der Waals surface area contributed by atoms with Crippen LogP contribution >= 0.6 is 11.6 Å². The Morgan fingerprint density at radius 1 is 1.32 bits per heavy atom. The third-order valence-electron chi connectivity index (χ3n) is 3.42. The number of hydrogen-bond acceptors (Lipinski definition) is 6. The molecule has 25 heavy (non-hydrogen) atoms. The van der Waals surface area contributed by atoms with Crippen LogP contribution in [0.5, 0.6) is 5.75 Å². The molecule has 1 unspecified atom stereocenters. The van der Waals surface area contributed by atoms with Crippen molar-refractivity contribution in [2.45, 2.75) is 18.9 Å². The van der Waals surface area contributed by atoms with Gasteiger partial charge < -0.3 is 25.2 Å². The SMILES string of the molecule is O=C(O)CCC(NC(=O)CN1CC(=O)Oc2ccc(Cl)cc21)C(=O)O. The fourth-order valence-corrected chi connectivity index (χ4v) is 2.47. The molecular formula is C15H15ClN2O7. The van der Waals surface area contributed by atoms with E-state index in [2.05, 4.69) is 5.32 Å². The first-order valence-electron chi connectivity index (χ1n) is 7.25. The Hall–Kier alpha value is -2.81. The fraction of sp³-hybridized carbons (Fsp3) is 0.333. The number of benzene rings is 1. The van der Waals surface area contributed by atoms with Crippen LogP contribution in [0, 0.1) is 0 Å². The summed E-state index contributed by atoms with van der Waals surface area (Å²) in [4.78, 5) is 46.8. The number of carboxylic acids is 2. The van der Waals surface area contributed by atoms with Gasteiger partial charge in [-0.15, -0.1) is 0 Å². The third kappa shape index (κ3) is 5.08. The van der Waals surface area contributed by atoms with Gasteiger partial charge in [0, 0.05) is 11.4 Å². The Morgan fingerprint density at radius 2 is 2.04 bits per heavy atom. The lowest BCUT2D eigenvalue weighted by atomic mass is 10.1. The van der Waals surface area contributed by atoms with Gasteiger partial charge in [-0.25, -0.2) is 9.59 Å². The van der Waals surface area contributed by atoms with Crippen LogP contribution in [0.25, 0.3) is 0 Å². The molecule has 0 saturated heterocycles. The molecule has 1 aliphatic heterocycles. The van der Waals surface area contributed by atoms with Gasteiger partial charge in [0.1, 0.15) is 12.6 Å². The molecule has 1 aromatic rings. The van der Waals surface area contributed by atoms with Crippen molar-refractivity contribution in [3.8, 4) is 5.75 Å². The van der Waals surface area contributed by atoms with Crippen LogP contribution in [-0.2, 0) is 19.2 Å². The highest BCUT2D eigenvalue weighted by Gasteiger charge is 2.28. The molecule has 1 amide bonds. The zero-order chi connectivity index (χ0) is 18.6. The summed E-state index contributed by atoms with van der Waals surface area (Å²) in [5.41, 5.74) is 0.430. The first-order chi connectivity index (χ1) is 11.8. The largest absolute Gasteiger partial charge is 0.481 e. The number of esters is 1. The van der Waals surface area contributed by atoms with Crippen LogP contribution in [0.15, 0.2) is 18.2 Å². The summed E-state index contributed by atoms with van der Waals surface area (Å²) in [6.07, 6.45) is -0.646. The van der Waals surface area contributed by atoms with E-state index in [1.165, 1.54) is 23.1 Å². The molecule has 3 N–H and O–H groups in total. The fourth-order valence-electron chi connectivity index (χ4n) is 2.30. The summed E-state index contributed by atoms with van der Waals surface area (Å²) in [5, 5.41) is 20.3. The Morgan fingerprint density at radius 3 is 2.68 bits per heavy atom. The number of nitrogens with one attached hydrogen (secondary N) is 1. The number of halogens is 1. The number of rotatable bonds is 7. The van der Waals surface area contributed by atoms with E-state index >= 15 is 0 Å². The third-order valence-corrected chi connectivity index (χ3v) is 3.66. The number of carbonyl (C=O) groups is 4. The van der Waals surface area contributed by atoms with E-state index in [0.717, 1.165) is 0 Å². The minimum absolute atomic E-state index is 0.201. The van der Waals surface area contributed by atoms with Gasteiger partial charge in [0.2, 0.25) is 5.91 Å². The smallest absolute Gasteiger partial charge is 0.331 e. The second-order valence-electron chi connectivity index (χ2n) is 5.33. The van der Waals surface area contributed by atoms with Crippen molar-refractivity contribution in [1.29, 1.82) is 0 Å². The molecule has 0 fully saturated rings. The van der Waals surface area contributed by atoms with E-state index in [1.54, 1.807) is 0 Å². The average Bonchev–Trinajstić information content (AvgIpc) is 2.51. The molecule has 2 rings (SSSR count). The summed E-state index contributed by atoms with van der Waals surface area (Å²) >= 11 is 5.91. The summed E-state index contributed by atoms with van der Waals surface area (Å²) in [7, 11) is 0. The first-order valence-corrected chi connectivity index (χ1v) is 7.63. The summed E-state index contributed by atoms with van der Waals surface area (Å²) in [5.74, 6) is -3.49. The second kappa shape index (κ2) is 7.84. The van der Waals surface area contributed by atoms with Gasteiger partial charge in [-0.2, -0.15) is 0 Å². The molecule has 1 aliphatic rings. The first kappa shape index (κ1) is 18.5. The quantitative estimate of drug-likeness (QED) is 0.466. The van der Waals surface area contributed by atoms with Gasteiger partial charge in [0.05, 0.1) is 12.2 Å². The van der Waals surface area contributed by atoms with Crippen molar-refractivity contribution in [3.05, 3.63) is 23.2 Å². The van der Waals surface area contributed by atoms with Crippen molar-refractivity contribution in [2.75, 3.05) is 18.0 Å².